The molecule has 2 atom stereocenters. The summed E-state index contributed by atoms with van der Waals surface area (Å²) in [5, 5.41) is 10.3. The maximum absolute atomic E-state index is 12.6. The summed E-state index contributed by atoms with van der Waals surface area (Å²) >= 11 is 0. The zero-order valence-corrected chi connectivity index (χ0v) is 13.5. The van der Waals surface area contributed by atoms with E-state index in [0.717, 1.165) is 23.0 Å². The number of hydrogen-bond donors (Lipinski definition) is 1. The van der Waals surface area contributed by atoms with Crippen molar-refractivity contribution in [2.24, 2.45) is 13.0 Å². The van der Waals surface area contributed by atoms with Gasteiger partial charge in [0.15, 0.2) is 0 Å². The Morgan fingerprint density at radius 1 is 1.44 bits per heavy atom. The van der Waals surface area contributed by atoms with Crippen molar-refractivity contribution < 1.29 is 22.7 Å². The second kappa shape index (κ2) is 6.87. The molecule has 3 rings (SSSR count). The number of aryl methyl sites for hydroxylation is 1. The predicted molar refractivity (Wildman–Crippen MR) is 81.5 cm³/mol. The first-order valence-electron chi connectivity index (χ1n) is 7.83. The van der Waals surface area contributed by atoms with E-state index in [4.69, 9.17) is 4.74 Å². The third kappa shape index (κ3) is 4.19. The minimum absolute atomic E-state index is 0.226. The summed E-state index contributed by atoms with van der Waals surface area (Å²) in [4.78, 5) is 12.6. The minimum Gasteiger partial charge on any atom is -0.371 e. The first-order valence-corrected chi connectivity index (χ1v) is 7.83. The Bertz CT molecular complexity index is 740. The molecule has 0 radical (unpaired) electrons. The molecule has 2 aromatic heterocycles. The van der Waals surface area contributed by atoms with E-state index in [2.05, 4.69) is 15.5 Å². The summed E-state index contributed by atoms with van der Waals surface area (Å²) in [6, 6.07) is 1.79. The van der Waals surface area contributed by atoms with Gasteiger partial charge in [-0.1, -0.05) is 0 Å². The Morgan fingerprint density at radius 2 is 2.24 bits per heavy atom. The predicted octanol–water partition coefficient (Wildman–Crippen LogP) is 2.29. The van der Waals surface area contributed by atoms with Crippen LogP contribution in [0.4, 0.5) is 18.9 Å². The molecule has 1 fully saturated rings. The molecule has 2 aromatic rings. The summed E-state index contributed by atoms with van der Waals surface area (Å²) in [5.74, 6) is -0.757. The SMILES string of the molecule is Cn1nccc1[C@@H]1OCCC[C@H]1C(=O)Nc1cnn(CC(F)(F)F)c1. The molecule has 10 heteroatoms. The lowest BCUT2D eigenvalue weighted by molar-refractivity contribution is -0.142. The van der Waals surface area contributed by atoms with E-state index in [1.54, 1.807) is 24.0 Å². The fraction of sp³-hybridized carbons (Fsp3) is 0.533. The summed E-state index contributed by atoms with van der Waals surface area (Å²) in [7, 11) is 1.77. The zero-order chi connectivity index (χ0) is 18.0. The van der Waals surface area contributed by atoms with Gasteiger partial charge in [-0.2, -0.15) is 23.4 Å². The molecule has 0 unspecified atom stereocenters. The number of halogens is 3. The van der Waals surface area contributed by atoms with Crippen LogP contribution in [0.15, 0.2) is 24.7 Å². The molecule has 1 aliphatic rings. The van der Waals surface area contributed by atoms with Crippen LogP contribution < -0.4 is 5.32 Å². The summed E-state index contributed by atoms with van der Waals surface area (Å²) < 4.78 is 45.3. The monoisotopic (exact) mass is 357 g/mol. The number of ether oxygens (including phenoxy) is 1. The van der Waals surface area contributed by atoms with Crippen LogP contribution in [-0.4, -0.2) is 38.3 Å². The van der Waals surface area contributed by atoms with Crippen LogP contribution >= 0.6 is 0 Å². The van der Waals surface area contributed by atoms with Gasteiger partial charge in [-0.3, -0.25) is 14.2 Å². The molecule has 136 valence electrons. The molecule has 7 nitrogen and oxygen atoms in total. The average molecular weight is 357 g/mol. The molecule has 25 heavy (non-hydrogen) atoms. The van der Waals surface area contributed by atoms with E-state index in [1.807, 2.05) is 0 Å². The fourth-order valence-corrected chi connectivity index (χ4v) is 2.94. The topological polar surface area (TPSA) is 74.0 Å². The van der Waals surface area contributed by atoms with E-state index in [9.17, 15) is 18.0 Å². The van der Waals surface area contributed by atoms with Crippen molar-refractivity contribution in [1.29, 1.82) is 0 Å². The Hall–Kier alpha value is -2.36. The maximum atomic E-state index is 12.6. The van der Waals surface area contributed by atoms with Crippen molar-refractivity contribution in [2.45, 2.75) is 31.7 Å². The number of carbonyl (C=O) groups excluding carboxylic acids is 1. The molecule has 1 amide bonds. The van der Waals surface area contributed by atoms with Gasteiger partial charge in [-0.25, -0.2) is 0 Å². The maximum Gasteiger partial charge on any atom is 0.408 e. The second-order valence-electron chi connectivity index (χ2n) is 5.95. The Kier molecular flexibility index (Phi) is 4.80. The number of rotatable bonds is 4. The Morgan fingerprint density at radius 3 is 2.92 bits per heavy atom. The van der Waals surface area contributed by atoms with Crippen molar-refractivity contribution in [3.8, 4) is 0 Å². The number of aromatic nitrogens is 4. The van der Waals surface area contributed by atoms with Gasteiger partial charge >= 0.3 is 6.18 Å². The van der Waals surface area contributed by atoms with Gasteiger partial charge in [0.25, 0.3) is 0 Å². The number of amides is 1. The van der Waals surface area contributed by atoms with Crippen LogP contribution in [-0.2, 0) is 23.1 Å². The number of nitrogens with one attached hydrogen (secondary N) is 1. The molecule has 0 saturated carbocycles. The molecule has 1 aliphatic heterocycles. The van der Waals surface area contributed by atoms with Crippen LogP contribution in [0.1, 0.15) is 24.6 Å². The van der Waals surface area contributed by atoms with Crippen LogP contribution in [0.5, 0.6) is 0 Å². The lowest BCUT2D eigenvalue weighted by Gasteiger charge is -2.30. The van der Waals surface area contributed by atoms with E-state index in [0.29, 0.717) is 13.0 Å². The first kappa shape index (κ1) is 17.5. The van der Waals surface area contributed by atoms with Crippen LogP contribution in [0.2, 0.25) is 0 Å². The van der Waals surface area contributed by atoms with Crippen LogP contribution in [0, 0.1) is 5.92 Å². The molecule has 0 spiro atoms. The van der Waals surface area contributed by atoms with E-state index >= 15 is 0 Å². The first-order chi connectivity index (χ1) is 11.8. The molecule has 0 aliphatic carbocycles. The molecule has 3 heterocycles. The van der Waals surface area contributed by atoms with Gasteiger partial charge in [0.2, 0.25) is 5.91 Å². The Labute approximate surface area is 141 Å². The lowest BCUT2D eigenvalue weighted by Crippen LogP contribution is -2.34. The highest BCUT2D eigenvalue weighted by Crippen LogP contribution is 2.34. The smallest absolute Gasteiger partial charge is 0.371 e. The number of alkyl halides is 3. The molecule has 0 bridgehead atoms. The number of anilines is 1. The van der Waals surface area contributed by atoms with Crippen LogP contribution in [0.25, 0.3) is 0 Å². The second-order valence-corrected chi connectivity index (χ2v) is 5.95. The standard InChI is InChI=1S/C15H18F3N5O2/c1-22-12(4-5-19-22)13-11(3-2-6-25-13)14(24)21-10-7-20-23(8-10)9-15(16,17)18/h4-5,7-8,11,13H,2-3,6,9H2,1H3,(H,21,24)/t11-,13-/m1/s1. The van der Waals surface area contributed by atoms with Gasteiger partial charge in [-0.15, -0.1) is 0 Å². The van der Waals surface area contributed by atoms with Crippen molar-refractivity contribution in [2.75, 3.05) is 11.9 Å². The highest BCUT2D eigenvalue weighted by atomic mass is 19.4. The van der Waals surface area contributed by atoms with Gasteiger partial charge in [-0.05, 0) is 18.9 Å². The third-order valence-electron chi connectivity index (χ3n) is 4.05. The third-order valence-corrected chi connectivity index (χ3v) is 4.05. The van der Waals surface area contributed by atoms with Gasteiger partial charge in [0, 0.05) is 26.0 Å². The highest BCUT2D eigenvalue weighted by Gasteiger charge is 2.35. The van der Waals surface area contributed by atoms with Crippen molar-refractivity contribution >= 4 is 11.6 Å². The van der Waals surface area contributed by atoms with E-state index in [1.165, 1.54) is 6.20 Å². The van der Waals surface area contributed by atoms with Crippen molar-refractivity contribution in [3.05, 3.63) is 30.4 Å². The lowest BCUT2D eigenvalue weighted by atomic mass is 9.91. The zero-order valence-electron chi connectivity index (χ0n) is 13.5. The van der Waals surface area contributed by atoms with Gasteiger partial charge < -0.3 is 10.1 Å². The highest BCUT2D eigenvalue weighted by molar-refractivity contribution is 5.92. The summed E-state index contributed by atoms with van der Waals surface area (Å²) in [6.07, 6.45) is 0.545. The van der Waals surface area contributed by atoms with Gasteiger partial charge in [0.05, 0.1) is 23.5 Å². The normalized spacial score (nSPS) is 21.3. The number of hydrogen-bond acceptors (Lipinski definition) is 4. The fourth-order valence-electron chi connectivity index (χ4n) is 2.94. The minimum atomic E-state index is -4.37. The van der Waals surface area contributed by atoms with E-state index < -0.39 is 24.7 Å². The Balaban J connectivity index is 1.70. The quantitative estimate of drug-likeness (QED) is 0.911. The summed E-state index contributed by atoms with van der Waals surface area (Å²) in [5.41, 5.74) is 1.01. The van der Waals surface area contributed by atoms with Crippen molar-refractivity contribution in [1.82, 2.24) is 19.6 Å². The molecular formula is C15H18F3N5O2. The molecule has 1 saturated heterocycles. The number of carbonyl (C=O) groups is 1. The number of nitrogens with zero attached hydrogens (tertiary/aromatic N) is 4. The average Bonchev–Trinajstić information content (AvgIpc) is 3.14. The molecule has 1 N–H and O–H groups in total. The molecular weight excluding hydrogens is 339 g/mol. The van der Waals surface area contributed by atoms with Crippen LogP contribution in [0.3, 0.4) is 0 Å². The van der Waals surface area contributed by atoms with E-state index in [-0.39, 0.29) is 11.6 Å². The van der Waals surface area contributed by atoms with Gasteiger partial charge in [0.1, 0.15) is 12.6 Å². The summed E-state index contributed by atoms with van der Waals surface area (Å²) in [6.45, 7) is -0.657. The van der Waals surface area contributed by atoms with Crippen molar-refractivity contribution in [3.63, 3.8) is 0 Å². The molecule has 0 aromatic carbocycles. The largest absolute Gasteiger partial charge is 0.408 e.